The van der Waals surface area contributed by atoms with Crippen LogP contribution in [-0.4, -0.2) is 4.98 Å². The second-order valence-electron chi connectivity index (χ2n) is 5.44. The van der Waals surface area contributed by atoms with Crippen LogP contribution < -0.4 is 5.32 Å². The third-order valence-electron chi connectivity index (χ3n) is 3.90. The molecule has 3 aromatic carbocycles. The molecule has 0 saturated carbocycles. The van der Waals surface area contributed by atoms with Crippen molar-refractivity contribution >= 4 is 22.3 Å². The standard InChI is InChI=1S/C21H16N2/c1-2-6-17(7-3-1)23-18-13-11-16(12-14-18)19-8-4-10-21-20(19)9-5-15-22-21/h1-15,23H. The minimum absolute atomic E-state index is 1.02. The van der Waals surface area contributed by atoms with Crippen molar-refractivity contribution in [3.8, 4) is 11.1 Å². The lowest BCUT2D eigenvalue weighted by Gasteiger charge is -2.09. The molecule has 4 rings (SSSR count). The first-order chi connectivity index (χ1) is 11.4. The van der Waals surface area contributed by atoms with Crippen molar-refractivity contribution in [3.05, 3.63) is 91.1 Å². The molecule has 0 fully saturated rings. The van der Waals surface area contributed by atoms with E-state index in [0.717, 1.165) is 16.9 Å². The average Bonchev–Trinajstić information content (AvgIpc) is 2.63. The van der Waals surface area contributed by atoms with E-state index in [1.54, 1.807) is 0 Å². The fraction of sp³-hybridized carbons (Fsp3) is 0. The molecule has 4 aromatic rings. The van der Waals surface area contributed by atoms with Gasteiger partial charge in [0.25, 0.3) is 0 Å². The molecule has 0 aliphatic heterocycles. The van der Waals surface area contributed by atoms with Crippen molar-refractivity contribution in [1.29, 1.82) is 0 Å². The maximum Gasteiger partial charge on any atom is 0.0708 e. The van der Waals surface area contributed by atoms with Crippen LogP contribution in [0, 0.1) is 0 Å². The number of pyridine rings is 1. The van der Waals surface area contributed by atoms with Crippen LogP contribution in [0.4, 0.5) is 11.4 Å². The summed E-state index contributed by atoms with van der Waals surface area (Å²) in [4.78, 5) is 4.43. The first kappa shape index (κ1) is 13.5. The van der Waals surface area contributed by atoms with E-state index < -0.39 is 0 Å². The summed E-state index contributed by atoms with van der Waals surface area (Å²) >= 11 is 0. The van der Waals surface area contributed by atoms with Gasteiger partial charge in [-0.15, -0.1) is 0 Å². The van der Waals surface area contributed by atoms with Crippen LogP contribution in [0.5, 0.6) is 0 Å². The van der Waals surface area contributed by atoms with Crippen LogP contribution in [0.1, 0.15) is 0 Å². The molecule has 0 spiro atoms. The van der Waals surface area contributed by atoms with E-state index in [0.29, 0.717) is 0 Å². The number of hydrogen-bond donors (Lipinski definition) is 1. The Morgan fingerprint density at radius 1 is 0.609 bits per heavy atom. The number of aromatic nitrogens is 1. The van der Waals surface area contributed by atoms with Crippen LogP contribution in [-0.2, 0) is 0 Å². The molecular formula is C21H16N2. The number of hydrogen-bond acceptors (Lipinski definition) is 2. The van der Waals surface area contributed by atoms with Crippen molar-refractivity contribution in [1.82, 2.24) is 4.98 Å². The summed E-state index contributed by atoms with van der Waals surface area (Å²) in [5.41, 5.74) is 5.61. The minimum Gasteiger partial charge on any atom is -0.356 e. The Kier molecular flexibility index (Phi) is 3.49. The van der Waals surface area contributed by atoms with Crippen molar-refractivity contribution < 1.29 is 0 Å². The van der Waals surface area contributed by atoms with E-state index in [1.165, 1.54) is 16.5 Å². The number of anilines is 2. The molecule has 2 nitrogen and oxygen atoms in total. The molecule has 1 heterocycles. The molecule has 0 aliphatic rings. The van der Waals surface area contributed by atoms with Crippen LogP contribution in [0.15, 0.2) is 91.1 Å². The summed E-state index contributed by atoms with van der Waals surface area (Å²) in [7, 11) is 0. The SMILES string of the molecule is c1ccc(Nc2ccc(-c3cccc4ncccc34)cc2)cc1. The average molecular weight is 296 g/mol. The van der Waals surface area contributed by atoms with Gasteiger partial charge in [-0.25, -0.2) is 0 Å². The Bertz CT molecular complexity index is 923. The van der Waals surface area contributed by atoms with Gasteiger partial charge in [-0.2, -0.15) is 0 Å². The lowest BCUT2D eigenvalue weighted by atomic mass is 10.0. The second-order valence-corrected chi connectivity index (χ2v) is 5.44. The van der Waals surface area contributed by atoms with Gasteiger partial charge >= 0.3 is 0 Å². The topological polar surface area (TPSA) is 24.9 Å². The summed E-state index contributed by atoms with van der Waals surface area (Å²) in [5.74, 6) is 0. The van der Waals surface area contributed by atoms with Crippen LogP contribution in [0.25, 0.3) is 22.0 Å². The molecule has 1 aromatic heterocycles. The molecule has 0 aliphatic carbocycles. The Balaban J connectivity index is 1.68. The summed E-state index contributed by atoms with van der Waals surface area (Å²) in [6.07, 6.45) is 1.83. The zero-order valence-electron chi connectivity index (χ0n) is 12.6. The molecule has 0 atom stereocenters. The fourth-order valence-corrected chi connectivity index (χ4v) is 2.78. The molecule has 110 valence electrons. The zero-order chi connectivity index (χ0) is 15.5. The maximum atomic E-state index is 4.43. The number of nitrogens with zero attached hydrogens (tertiary/aromatic N) is 1. The highest BCUT2D eigenvalue weighted by atomic mass is 14.9. The van der Waals surface area contributed by atoms with E-state index in [2.05, 4.69) is 64.9 Å². The van der Waals surface area contributed by atoms with Gasteiger partial charge in [-0.1, -0.05) is 48.5 Å². The summed E-state index contributed by atoms with van der Waals surface area (Å²) < 4.78 is 0. The minimum atomic E-state index is 1.02. The number of benzene rings is 3. The predicted octanol–water partition coefficient (Wildman–Crippen LogP) is 5.65. The van der Waals surface area contributed by atoms with Gasteiger partial charge in [0, 0.05) is 23.0 Å². The van der Waals surface area contributed by atoms with E-state index in [1.807, 2.05) is 36.5 Å². The van der Waals surface area contributed by atoms with Crippen molar-refractivity contribution in [2.24, 2.45) is 0 Å². The summed E-state index contributed by atoms with van der Waals surface area (Å²) in [6.45, 7) is 0. The Hall–Kier alpha value is -3.13. The van der Waals surface area contributed by atoms with Gasteiger partial charge < -0.3 is 5.32 Å². The molecule has 0 radical (unpaired) electrons. The monoisotopic (exact) mass is 296 g/mol. The number of rotatable bonds is 3. The molecule has 0 amide bonds. The first-order valence-corrected chi connectivity index (χ1v) is 7.66. The zero-order valence-corrected chi connectivity index (χ0v) is 12.6. The van der Waals surface area contributed by atoms with E-state index in [4.69, 9.17) is 0 Å². The van der Waals surface area contributed by atoms with Gasteiger partial charge in [0.2, 0.25) is 0 Å². The highest BCUT2D eigenvalue weighted by molar-refractivity contribution is 5.94. The molecule has 1 N–H and O–H groups in total. The van der Waals surface area contributed by atoms with Crippen LogP contribution >= 0.6 is 0 Å². The lowest BCUT2D eigenvalue weighted by molar-refractivity contribution is 1.41. The second kappa shape index (κ2) is 5.93. The molecular weight excluding hydrogens is 280 g/mol. The maximum absolute atomic E-state index is 4.43. The molecule has 0 unspecified atom stereocenters. The van der Waals surface area contributed by atoms with E-state index >= 15 is 0 Å². The van der Waals surface area contributed by atoms with Gasteiger partial charge in [0.05, 0.1) is 5.52 Å². The van der Waals surface area contributed by atoms with Gasteiger partial charge in [0.15, 0.2) is 0 Å². The fourth-order valence-electron chi connectivity index (χ4n) is 2.78. The van der Waals surface area contributed by atoms with Crippen molar-refractivity contribution in [2.45, 2.75) is 0 Å². The first-order valence-electron chi connectivity index (χ1n) is 7.66. The Morgan fingerprint density at radius 3 is 2.22 bits per heavy atom. The van der Waals surface area contributed by atoms with Gasteiger partial charge in [0.1, 0.15) is 0 Å². The summed E-state index contributed by atoms with van der Waals surface area (Å²) in [6, 6.07) is 29.0. The lowest BCUT2D eigenvalue weighted by Crippen LogP contribution is -1.89. The third kappa shape index (κ3) is 2.79. The molecule has 23 heavy (non-hydrogen) atoms. The Labute approximate surface area is 135 Å². The van der Waals surface area contributed by atoms with E-state index in [-0.39, 0.29) is 0 Å². The molecule has 2 heteroatoms. The van der Waals surface area contributed by atoms with Crippen LogP contribution in [0.2, 0.25) is 0 Å². The van der Waals surface area contributed by atoms with Gasteiger partial charge in [-0.3, -0.25) is 4.98 Å². The number of nitrogens with one attached hydrogen (secondary N) is 1. The highest BCUT2D eigenvalue weighted by Gasteiger charge is 2.04. The smallest absolute Gasteiger partial charge is 0.0708 e. The predicted molar refractivity (Wildman–Crippen MR) is 96.9 cm³/mol. The normalized spacial score (nSPS) is 10.6. The number of para-hydroxylation sites is 1. The van der Waals surface area contributed by atoms with Crippen LogP contribution in [0.3, 0.4) is 0 Å². The van der Waals surface area contributed by atoms with E-state index in [9.17, 15) is 0 Å². The summed E-state index contributed by atoms with van der Waals surface area (Å²) in [5, 5.41) is 4.59. The van der Waals surface area contributed by atoms with Crippen molar-refractivity contribution in [3.63, 3.8) is 0 Å². The van der Waals surface area contributed by atoms with Gasteiger partial charge in [-0.05, 0) is 47.5 Å². The molecule has 0 bridgehead atoms. The third-order valence-corrected chi connectivity index (χ3v) is 3.90. The largest absolute Gasteiger partial charge is 0.356 e. The quantitative estimate of drug-likeness (QED) is 0.528. The number of fused-ring (bicyclic) bond motifs is 1. The highest BCUT2D eigenvalue weighted by Crippen LogP contribution is 2.29. The Morgan fingerprint density at radius 2 is 1.39 bits per heavy atom. The van der Waals surface area contributed by atoms with Crippen molar-refractivity contribution in [2.75, 3.05) is 5.32 Å². The molecule has 0 saturated heterocycles.